The number of carbonyl (C=O) groups is 3. The van der Waals surface area contributed by atoms with Crippen molar-refractivity contribution in [3.63, 3.8) is 0 Å². The highest BCUT2D eigenvalue weighted by atomic mass is 32.2. The second kappa shape index (κ2) is 7.95. The van der Waals surface area contributed by atoms with Crippen molar-refractivity contribution >= 4 is 40.6 Å². The van der Waals surface area contributed by atoms with E-state index in [9.17, 15) is 18.8 Å². The lowest BCUT2D eigenvalue weighted by Gasteiger charge is -2.21. The van der Waals surface area contributed by atoms with Crippen molar-refractivity contribution in [1.82, 2.24) is 4.90 Å². The Morgan fingerprint density at radius 2 is 1.93 bits per heavy atom. The van der Waals surface area contributed by atoms with E-state index in [1.165, 1.54) is 12.1 Å². The van der Waals surface area contributed by atoms with Gasteiger partial charge in [0.05, 0.1) is 4.91 Å². The number of carbonyl (C=O) groups excluding carboxylic acids is 3. The Labute approximate surface area is 167 Å². The Bertz CT molecular complexity index is 841. The van der Waals surface area contributed by atoms with Crippen LogP contribution in [0, 0.1) is 5.82 Å². The van der Waals surface area contributed by atoms with Crippen LogP contribution in [0.1, 0.15) is 39.2 Å². The molecule has 0 radical (unpaired) electrons. The zero-order valence-electron chi connectivity index (χ0n) is 16.2. The smallest absolute Gasteiger partial charge is 0.326 e. The maximum Gasteiger partial charge on any atom is 0.326 e. The van der Waals surface area contributed by atoms with Gasteiger partial charge in [0.15, 0.2) is 0 Å². The molecule has 6 nitrogen and oxygen atoms in total. The number of amides is 2. The first-order chi connectivity index (χ1) is 13.1. The molecule has 2 fully saturated rings. The molecule has 2 aliphatic heterocycles. The highest BCUT2D eigenvalue weighted by molar-refractivity contribution is 8.18. The van der Waals surface area contributed by atoms with E-state index in [1.807, 2.05) is 6.07 Å². The third kappa shape index (κ3) is 4.73. The summed E-state index contributed by atoms with van der Waals surface area (Å²) in [5.74, 6) is -1.75. The van der Waals surface area contributed by atoms with Crippen LogP contribution in [0.5, 0.6) is 0 Å². The van der Waals surface area contributed by atoms with Crippen molar-refractivity contribution in [3.05, 3.63) is 34.5 Å². The number of anilines is 1. The van der Waals surface area contributed by atoms with Crippen molar-refractivity contribution in [2.75, 3.05) is 24.5 Å². The first kappa shape index (κ1) is 20.4. The third-order valence-electron chi connectivity index (χ3n) is 4.32. The minimum absolute atomic E-state index is 0.0846. The van der Waals surface area contributed by atoms with Crippen LogP contribution < -0.4 is 4.90 Å². The molecule has 0 unspecified atom stereocenters. The standard InChI is InChI=1S/C20H23FN2O4S/c1-20(2,3)27-17(24)12-23-18(25)16(28-19(23)26)10-13-6-7-14(11-15(13)21)22-8-4-5-9-22/h6-7,10-11H,4-5,8-9,12H2,1-3H3. The maximum absolute atomic E-state index is 14.5. The van der Waals surface area contributed by atoms with Gasteiger partial charge < -0.3 is 9.64 Å². The highest BCUT2D eigenvalue weighted by Crippen LogP contribution is 2.33. The summed E-state index contributed by atoms with van der Waals surface area (Å²) in [5, 5.41) is -0.573. The van der Waals surface area contributed by atoms with Gasteiger partial charge in [-0.1, -0.05) is 0 Å². The van der Waals surface area contributed by atoms with Gasteiger partial charge in [-0.15, -0.1) is 0 Å². The quantitative estimate of drug-likeness (QED) is 0.560. The predicted molar refractivity (Wildman–Crippen MR) is 106 cm³/mol. The fraction of sp³-hybridized carbons (Fsp3) is 0.450. The van der Waals surface area contributed by atoms with Crippen molar-refractivity contribution in [2.24, 2.45) is 0 Å². The average molecular weight is 406 g/mol. The summed E-state index contributed by atoms with van der Waals surface area (Å²) in [7, 11) is 0. The molecular formula is C20H23FN2O4S. The second-order valence-corrected chi connectivity index (χ2v) is 8.75. The van der Waals surface area contributed by atoms with Gasteiger partial charge in [-0.3, -0.25) is 19.3 Å². The summed E-state index contributed by atoms with van der Waals surface area (Å²) in [6.07, 6.45) is 3.53. The molecule has 0 bridgehead atoms. The van der Waals surface area contributed by atoms with Crippen LogP contribution >= 0.6 is 11.8 Å². The van der Waals surface area contributed by atoms with E-state index >= 15 is 0 Å². The summed E-state index contributed by atoms with van der Waals surface area (Å²) in [6.45, 7) is 6.45. The minimum atomic E-state index is -0.713. The minimum Gasteiger partial charge on any atom is -0.459 e. The van der Waals surface area contributed by atoms with E-state index in [4.69, 9.17) is 4.74 Å². The van der Waals surface area contributed by atoms with Gasteiger partial charge >= 0.3 is 5.97 Å². The second-order valence-electron chi connectivity index (χ2n) is 7.75. The molecule has 2 saturated heterocycles. The summed E-state index contributed by atoms with van der Waals surface area (Å²) in [5.41, 5.74) is 0.325. The monoisotopic (exact) mass is 406 g/mol. The molecule has 8 heteroatoms. The van der Waals surface area contributed by atoms with Gasteiger partial charge in [0, 0.05) is 24.3 Å². The molecule has 28 heavy (non-hydrogen) atoms. The van der Waals surface area contributed by atoms with Crippen molar-refractivity contribution in [1.29, 1.82) is 0 Å². The molecule has 0 saturated carbocycles. The van der Waals surface area contributed by atoms with E-state index < -0.39 is 35.1 Å². The average Bonchev–Trinajstić information content (AvgIpc) is 3.20. The number of benzene rings is 1. The zero-order chi connectivity index (χ0) is 20.5. The van der Waals surface area contributed by atoms with Crippen molar-refractivity contribution in [2.45, 2.75) is 39.2 Å². The number of hydrogen-bond donors (Lipinski definition) is 0. The van der Waals surface area contributed by atoms with Gasteiger partial charge in [0.1, 0.15) is 18.0 Å². The molecule has 2 aliphatic rings. The number of esters is 1. The summed E-state index contributed by atoms with van der Waals surface area (Å²) < 4.78 is 19.7. The van der Waals surface area contributed by atoms with E-state index in [2.05, 4.69) is 4.90 Å². The van der Waals surface area contributed by atoms with Crippen molar-refractivity contribution < 1.29 is 23.5 Å². The van der Waals surface area contributed by atoms with Gasteiger partial charge in [0.25, 0.3) is 11.1 Å². The lowest BCUT2D eigenvalue weighted by atomic mass is 10.1. The Morgan fingerprint density at radius 3 is 2.54 bits per heavy atom. The summed E-state index contributed by atoms with van der Waals surface area (Å²) >= 11 is 0.688. The number of halogens is 1. The van der Waals surface area contributed by atoms with Gasteiger partial charge in [-0.25, -0.2) is 4.39 Å². The largest absolute Gasteiger partial charge is 0.459 e. The van der Waals surface area contributed by atoms with Crippen LogP contribution in [0.25, 0.3) is 6.08 Å². The van der Waals surface area contributed by atoms with Gasteiger partial charge in [-0.05, 0) is 69.6 Å². The molecule has 2 amide bonds. The molecule has 0 aliphatic carbocycles. The molecular weight excluding hydrogens is 383 g/mol. The lowest BCUT2D eigenvalue weighted by Crippen LogP contribution is -2.37. The number of ether oxygens (including phenoxy) is 1. The number of hydrogen-bond acceptors (Lipinski definition) is 6. The van der Waals surface area contributed by atoms with Gasteiger partial charge in [-0.2, -0.15) is 0 Å². The van der Waals surface area contributed by atoms with E-state index in [1.54, 1.807) is 26.8 Å². The normalized spacial score (nSPS) is 19.1. The molecule has 1 aromatic carbocycles. The summed E-state index contributed by atoms with van der Waals surface area (Å²) in [6, 6.07) is 4.86. The Balaban J connectivity index is 1.73. The third-order valence-corrected chi connectivity index (χ3v) is 5.23. The van der Waals surface area contributed by atoms with E-state index in [-0.39, 0.29) is 10.5 Å². The highest BCUT2D eigenvalue weighted by Gasteiger charge is 2.37. The van der Waals surface area contributed by atoms with Gasteiger partial charge in [0.2, 0.25) is 0 Å². The van der Waals surface area contributed by atoms with Crippen LogP contribution in [-0.4, -0.2) is 47.3 Å². The molecule has 0 atom stereocenters. The fourth-order valence-electron chi connectivity index (χ4n) is 3.09. The molecule has 0 spiro atoms. The molecule has 2 heterocycles. The number of thioether (sulfide) groups is 1. The Hall–Kier alpha value is -2.35. The van der Waals surface area contributed by atoms with E-state index in [0.29, 0.717) is 11.8 Å². The molecule has 0 N–H and O–H groups in total. The van der Waals surface area contributed by atoms with Crippen molar-refractivity contribution in [3.8, 4) is 0 Å². The molecule has 1 aromatic rings. The SMILES string of the molecule is CC(C)(C)OC(=O)CN1C(=O)SC(=Cc2ccc(N3CCCC3)cc2F)C1=O. The predicted octanol–water partition coefficient (Wildman–Crippen LogP) is 3.80. The topological polar surface area (TPSA) is 66.9 Å². The number of imide groups is 1. The maximum atomic E-state index is 14.5. The fourth-order valence-corrected chi connectivity index (χ4v) is 3.91. The number of nitrogens with zero attached hydrogens (tertiary/aromatic N) is 2. The van der Waals surface area contributed by atoms with Crippen LogP contribution in [0.4, 0.5) is 14.9 Å². The zero-order valence-corrected chi connectivity index (χ0v) is 17.0. The summed E-state index contributed by atoms with van der Waals surface area (Å²) in [4.78, 5) is 39.5. The van der Waals surface area contributed by atoms with Crippen LogP contribution in [0.3, 0.4) is 0 Å². The first-order valence-corrected chi connectivity index (χ1v) is 9.97. The van der Waals surface area contributed by atoms with Crippen LogP contribution in [-0.2, 0) is 14.3 Å². The molecule has 0 aromatic heterocycles. The molecule has 3 rings (SSSR count). The lowest BCUT2D eigenvalue weighted by molar-refractivity contribution is -0.156. The Kier molecular flexibility index (Phi) is 5.79. The van der Waals surface area contributed by atoms with Crippen LogP contribution in [0.2, 0.25) is 0 Å². The van der Waals surface area contributed by atoms with E-state index in [0.717, 1.165) is 36.5 Å². The Morgan fingerprint density at radius 1 is 1.25 bits per heavy atom. The number of rotatable bonds is 4. The first-order valence-electron chi connectivity index (χ1n) is 9.16. The molecule has 150 valence electrons. The van der Waals surface area contributed by atoms with Crippen LogP contribution in [0.15, 0.2) is 23.1 Å².